The molecule has 2 N–H and O–H groups in total. The maximum Gasteiger partial charge on any atom is 0.393 e. The van der Waals surface area contributed by atoms with Crippen molar-refractivity contribution in [2.75, 3.05) is 43.7 Å². The van der Waals surface area contributed by atoms with E-state index in [4.69, 9.17) is 9.47 Å². The fourth-order valence-corrected chi connectivity index (χ4v) is 6.01. The van der Waals surface area contributed by atoms with Gasteiger partial charge in [-0.1, -0.05) is 19.6 Å². The summed E-state index contributed by atoms with van der Waals surface area (Å²) in [6.45, 7) is 6.65. The SMILES string of the molecule is CNC(=O)c1nn(COCC[Si](C)(C)C)c2cc(-c3cc(F)c(OC)cc3CC(F)(F)F)nc(NCc3nccnc3N(C)S(C)(=O)=O)c12. The van der Waals surface area contributed by atoms with Crippen LogP contribution in [-0.4, -0.2) is 87.4 Å². The lowest BCUT2D eigenvalue weighted by atomic mass is 9.99. The molecule has 1 amide bonds. The van der Waals surface area contributed by atoms with Crippen LogP contribution < -0.4 is 19.7 Å². The third kappa shape index (κ3) is 9.21. The van der Waals surface area contributed by atoms with Gasteiger partial charge in [0.05, 0.1) is 42.9 Å². The predicted molar refractivity (Wildman–Crippen MR) is 179 cm³/mol. The minimum atomic E-state index is -4.66. The van der Waals surface area contributed by atoms with Crippen molar-refractivity contribution in [3.63, 3.8) is 0 Å². The number of rotatable bonds is 14. The lowest BCUT2D eigenvalue weighted by Crippen LogP contribution is -2.27. The predicted octanol–water partition coefficient (Wildman–Crippen LogP) is 4.82. The van der Waals surface area contributed by atoms with E-state index in [1.165, 1.54) is 37.2 Å². The number of fused-ring (bicyclic) bond motifs is 1. The second-order valence-corrected chi connectivity index (χ2v) is 20.0. The van der Waals surface area contributed by atoms with E-state index in [9.17, 15) is 26.4 Å². The summed E-state index contributed by atoms with van der Waals surface area (Å²) in [4.78, 5) is 26.1. The Balaban J connectivity index is 1.95. The van der Waals surface area contributed by atoms with Gasteiger partial charge >= 0.3 is 6.18 Å². The van der Waals surface area contributed by atoms with Gasteiger partial charge in [0.25, 0.3) is 5.91 Å². The van der Waals surface area contributed by atoms with Crippen LogP contribution in [-0.2, 0) is 34.5 Å². The normalized spacial score (nSPS) is 12.3. The highest BCUT2D eigenvalue weighted by Gasteiger charge is 2.31. The number of ether oxygens (including phenoxy) is 2. The Hall–Kier alpha value is -4.36. The molecular formula is C30H38F4N8O5SSi. The second-order valence-electron chi connectivity index (χ2n) is 12.4. The molecule has 0 aliphatic rings. The van der Waals surface area contributed by atoms with Crippen LogP contribution in [0.1, 0.15) is 21.7 Å². The molecule has 13 nitrogen and oxygen atoms in total. The number of hydrogen-bond acceptors (Lipinski definition) is 10. The molecule has 49 heavy (non-hydrogen) atoms. The second kappa shape index (κ2) is 14.6. The molecule has 0 atom stereocenters. The van der Waals surface area contributed by atoms with E-state index in [0.717, 1.165) is 35.8 Å². The van der Waals surface area contributed by atoms with Crippen LogP contribution in [0.5, 0.6) is 5.75 Å². The van der Waals surface area contributed by atoms with Crippen LogP contribution in [0.4, 0.5) is 29.2 Å². The fraction of sp³-hybridized carbons (Fsp3) is 0.433. The van der Waals surface area contributed by atoms with Gasteiger partial charge in [0, 0.05) is 46.7 Å². The molecule has 1 aromatic carbocycles. The van der Waals surface area contributed by atoms with Gasteiger partial charge in [-0.3, -0.25) is 14.1 Å². The molecular weight excluding hydrogens is 689 g/mol. The fourth-order valence-electron chi connectivity index (χ4n) is 4.79. The number of sulfonamides is 1. The number of nitrogens with zero attached hydrogens (tertiary/aromatic N) is 6. The summed E-state index contributed by atoms with van der Waals surface area (Å²) >= 11 is 0. The Bertz CT molecular complexity index is 1950. The summed E-state index contributed by atoms with van der Waals surface area (Å²) in [5.74, 6) is -1.90. The Morgan fingerprint density at radius 3 is 2.43 bits per heavy atom. The van der Waals surface area contributed by atoms with E-state index in [0.29, 0.717) is 6.61 Å². The molecule has 0 spiro atoms. The van der Waals surface area contributed by atoms with Gasteiger partial charge < -0.3 is 20.1 Å². The van der Waals surface area contributed by atoms with E-state index in [2.05, 4.69) is 50.3 Å². The number of halogens is 4. The zero-order valence-corrected chi connectivity index (χ0v) is 29.9. The third-order valence-electron chi connectivity index (χ3n) is 7.40. The van der Waals surface area contributed by atoms with E-state index < -0.39 is 42.4 Å². The summed E-state index contributed by atoms with van der Waals surface area (Å²) in [6.07, 6.45) is -2.41. The van der Waals surface area contributed by atoms with Gasteiger partial charge in [-0.15, -0.1) is 0 Å². The van der Waals surface area contributed by atoms with E-state index in [1.54, 1.807) is 0 Å². The molecule has 0 saturated heterocycles. The number of pyridine rings is 1. The van der Waals surface area contributed by atoms with Gasteiger partial charge in [-0.25, -0.2) is 27.5 Å². The molecule has 266 valence electrons. The summed E-state index contributed by atoms with van der Waals surface area (Å²) in [7, 11) is -1.35. The van der Waals surface area contributed by atoms with Crippen LogP contribution in [0.3, 0.4) is 0 Å². The molecule has 0 radical (unpaired) electrons. The van der Waals surface area contributed by atoms with Crippen molar-refractivity contribution in [2.45, 2.75) is 51.6 Å². The number of benzene rings is 1. The molecule has 0 aliphatic carbocycles. The number of nitrogens with one attached hydrogen (secondary N) is 2. The lowest BCUT2D eigenvalue weighted by molar-refractivity contribution is -0.127. The van der Waals surface area contributed by atoms with Crippen molar-refractivity contribution >= 4 is 46.5 Å². The number of alkyl halides is 3. The standard InChI is InChI=1S/C30H38F4N8O5SSi/c1-35-29(43)26-25-23(42(40-26)17-47-10-11-49(5,6)7)14-21(19-13-20(31)24(46-3)12-18(19)15-30(32,33)34)39-27(25)38-16-22-28(37-9-8-36-22)41(2)48(4,44)45/h8-9,12-14H,10-11,15-17H2,1-7H3,(H,35,43)(H,38,39). The number of aromatic nitrogens is 5. The highest BCUT2D eigenvalue weighted by atomic mass is 32.2. The number of carbonyl (C=O) groups excluding carboxylic acids is 1. The third-order valence-corrected chi connectivity index (χ3v) is 10.3. The quantitative estimate of drug-likeness (QED) is 0.105. The zero-order valence-electron chi connectivity index (χ0n) is 28.1. The highest BCUT2D eigenvalue weighted by Crippen LogP contribution is 2.37. The minimum Gasteiger partial charge on any atom is -0.494 e. The van der Waals surface area contributed by atoms with Crippen molar-refractivity contribution in [1.82, 2.24) is 30.0 Å². The number of methoxy groups -OCH3 is 1. The molecule has 0 unspecified atom stereocenters. The molecule has 0 fully saturated rings. The average Bonchev–Trinajstić information content (AvgIpc) is 3.39. The van der Waals surface area contributed by atoms with Gasteiger partial charge in [-0.2, -0.15) is 18.3 Å². The van der Waals surface area contributed by atoms with Crippen molar-refractivity contribution in [2.24, 2.45) is 0 Å². The number of carbonyl (C=O) groups is 1. The molecule has 0 bridgehead atoms. The minimum absolute atomic E-state index is 0.00704. The van der Waals surface area contributed by atoms with Gasteiger partial charge in [0.15, 0.2) is 23.1 Å². The largest absolute Gasteiger partial charge is 0.494 e. The Morgan fingerprint density at radius 1 is 1.12 bits per heavy atom. The summed E-state index contributed by atoms with van der Waals surface area (Å²) in [5.41, 5.74) is -0.203. The van der Waals surface area contributed by atoms with Gasteiger partial charge in [-0.05, 0) is 29.8 Å². The van der Waals surface area contributed by atoms with Crippen LogP contribution >= 0.6 is 0 Å². The molecule has 3 aromatic heterocycles. The first kappa shape index (κ1) is 37.5. The molecule has 19 heteroatoms. The van der Waals surface area contributed by atoms with Crippen molar-refractivity contribution < 1.29 is 40.2 Å². The first-order chi connectivity index (χ1) is 22.8. The zero-order chi connectivity index (χ0) is 36.3. The van der Waals surface area contributed by atoms with Crippen LogP contribution in [0, 0.1) is 5.82 Å². The van der Waals surface area contributed by atoms with Crippen molar-refractivity contribution in [1.29, 1.82) is 0 Å². The highest BCUT2D eigenvalue weighted by molar-refractivity contribution is 7.92. The average molecular weight is 727 g/mol. The first-order valence-electron chi connectivity index (χ1n) is 15.0. The topological polar surface area (TPSA) is 153 Å². The molecule has 3 heterocycles. The first-order valence-corrected chi connectivity index (χ1v) is 20.5. The van der Waals surface area contributed by atoms with Gasteiger partial charge in [0.1, 0.15) is 18.2 Å². The number of hydrogen-bond donors (Lipinski definition) is 2. The molecule has 0 saturated carbocycles. The smallest absolute Gasteiger partial charge is 0.393 e. The molecule has 4 aromatic rings. The number of amides is 1. The summed E-state index contributed by atoms with van der Waals surface area (Å²) in [6, 6.07) is 4.12. The maximum absolute atomic E-state index is 15.1. The Kier molecular flexibility index (Phi) is 11.2. The monoisotopic (exact) mass is 726 g/mol. The van der Waals surface area contributed by atoms with Crippen LogP contribution in [0.25, 0.3) is 22.2 Å². The van der Waals surface area contributed by atoms with Crippen LogP contribution in [0.15, 0.2) is 30.6 Å². The maximum atomic E-state index is 15.1. The molecule has 0 aliphatic heterocycles. The van der Waals surface area contributed by atoms with Crippen molar-refractivity contribution in [3.8, 4) is 17.0 Å². The lowest BCUT2D eigenvalue weighted by Gasteiger charge is -2.19. The van der Waals surface area contributed by atoms with Crippen molar-refractivity contribution in [3.05, 3.63) is 53.4 Å². The van der Waals surface area contributed by atoms with Gasteiger partial charge in [0.2, 0.25) is 10.0 Å². The van der Waals surface area contributed by atoms with Crippen LogP contribution in [0.2, 0.25) is 25.7 Å². The number of anilines is 2. The summed E-state index contributed by atoms with van der Waals surface area (Å²) in [5, 5.41) is 10.2. The van der Waals surface area contributed by atoms with E-state index in [1.807, 2.05) is 0 Å². The summed E-state index contributed by atoms with van der Waals surface area (Å²) < 4.78 is 94.1. The Morgan fingerprint density at radius 2 is 1.82 bits per heavy atom. The van der Waals surface area contributed by atoms with E-state index in [-0.39, 0.29) is 69.8 Å². The molecule has 4 rings (SSSR count). The van der Waals surface area contributed by atoms with E-state index >= 15 is 4.39 Å². The Labute approximate surface area is 282 Å².